The van der Waals surface area contributed by atoms with Gasteiger partial charge in [-0.25, -0.2) is 4.79 Å². The largest absolute Gasteiger partial charge is 0.465 e. The van der Waals surface area contributed by atoms with Gasteiger partial charge in [0, 0.05) is 16.3 Å². The van der Waals surface area contributed by atoms with Crippen LogP contribution in [0.25, 0.3) is 21.8 Å². The molecule has 0 fully saturated rings. The van der Waals surface area contributed by atoms with Gasteiger partial charge in [-0.2, -0.15) is 0 Å². The van der Waals surface area contributed by atoms with Crippen LogP contribution < -0.4 is 0 Å². The number of benzene rings is 2. The van der Waals surface area contributed by atoms with Gasteiger partial charge in [-0.05, 0) is 30.7 Å². The Kier molecular flexibility index (Phi) is 2.33. The van der Waals surface area contributed by atoms with Gasteiger partial charge in [-0.3, -0.25) is 0 Å². The topological polar surface area (TPSA) is 42.1 Å². The summed E-state index contributed by atoms with van der Waals surface area (Å²) in [5, 5.41) is 2.19. The summed E-state index contributed by atoms with van der Waals surface area (Å²) in [7, 11) is 1.40. The number of carbonyl (C=O) groups is 1. The Bertz CT molecular complexity index is 756. The number of aromatic nitrogens is 1. The van der Waals surface area contributed by atoms with E-state index in [0.717, 1.165) is 27.4 Å². The molecule has 0 radical (unpaired) electrons. The predicted molar refractivity (Wildman–Crippen MR) is 71.9 cm³/mol. The first-order valence-electron chi connectivity index (χ1n) is 5.80. The second-order valence-electron chi connectivity index (χ2n) is 4.40. The highest BCUT2D eigenvalue weighted by molar-refractivity contribution is 6.14. The Hall–Kier alpha value is -2.29. The van der Waals surface area contributed by atoms with Crippen molar-refractivity contribution in [3.8, 4) is 0 Å². The van der Waals surface area contributed by atoms with Crippen LogP contribution in [0.4, 0.5) is 0 Å². The molecule has 0 spiro atoms. The van der Waals surface area contributed by atoms with E-state index in [4.69, 9.17) is 4.74 Å². The monoisotopic (exact) mass is 239 g/mol. The number of methoxy groups -OCH3 is 1. The third kappa shape index (κ3) is 1.48. The quantitative estimate of drug-likeness (QED) is 0.661. The zero-order valence-electron chi connectivity index (χ0n) is 10.3. The number of hydrogen-bond acceptors (Lipinski definition) is 2. The highest BCUT2D eigenvalue weighted by Crippen LogP contribution is 2.29. The molecule has 2 aromatic carbocycles. The minimum atomic E-state index is -0.310. The van der Waals surface area contributed by atoms with E-state index in [1.54, 1.807) is 0 Å². The highest BCUT2D eigenvalue weighted by Gasteiger charge is 2.14. The lowest BCUT2D eigenvalue weighted by Crippen LogP contribution is -2.02. The fourth-order valence-corrected chi connectivity index (χ4v) is 2.37. The van der Waals surface area contributed by atoms with Crippen molar-refractivity contribution in [1.82, 2.24) is 4.98 Å². The summed E-state index contributed by atoms with van der Waals surface area (Å²) in [6.07, 6.45) is 0. The van der Waals surface area contributed by atoms with Crippen LogP contribution in [0.2, 0.25) is 0 Å². The van der Waals surface area contributed by atoms with Gasteiger partial charge in [0.15, 0.2) is 0 Å². The minimum Gasteiger partial charge on any atom is -0.465 e. The maximum Gasteiger partial charge on any atom is 0.340 e. The lowest BCUT2D eigenvalue weighted by atomic mass is 10.1. The van der Waals surface area contributed by atoms with Gasteiger partial charge in [0.1, 0.15) is 0 Å². The van der Waals surface area contributed by atoms with Crippen molar-refractivity contribution >= 4 is 27.8 Å². The molecule has 0 aliphatic carbocycles. The molecule has 0 unspecified atom stereocenters. The summed E-state index contributed by atoms with van der Waals surface area (Å²) >= 11 is 0. The van der Waals surface area contributed by atoms with E-state index < -0.39 is 0 Å². The molecule has 1 aromatic heterocycles. The number of aromatic amines is 1. The fraction of sp³-hybridized carbons (Fsp3) is 0.133. The summed E-state index contributed by atoms with van der Waals surface area (Å²) in [4.78, 5) is 15.1. The maximum absolute atomic E-state index is 11.8. The van der Waals surface area contributed by atoms with Gasteiger partial charge in [0.25, 0.3) is 0 Å². The Morgan fingerprint density at radius 3 is 2.72 bits per heavy atom. The van der Waals surface area contributed by atoms with Gasteiger partial charge in [-0.1, -0.05) is 18.2 Å². The summed E-state index contributed by atoms with van der Waals surface area (Å²) in [5.41, 5.74) is 3.51. The van der Waals surface area contributed by atoms with Crippen molar-refractivity contribution in [2.75, 3.05) is 7.11 Å². The number of nitrogens with one attached hydrogen (secondary N) is 1. The van der Waals surface area contributed by atoms with E-state index >= 15 is 0 Å². The number of H-pyrrole nitrogens is 1. The van der Waals surface area contributed by atoms with Crippen molar-refractivity contribution in [3.63, 3.8) is 0 Å². The lowest BCUT2D eigenvalue weighted by molar-refractivity contribution is 0.0602. The first kappa shape index (κ1) is 10.8. The molecule has 3 nitrogen and oxygen atoms in total. The molecule has 0 atom stereocenters. The molecule has 90 valence electrons. The van der Waals surface area contributed by atoms with Crippen LogP contribution in [-0.4, -0.2) is 18.1 Å². The van der Waals surface area contributed by atoms with E-state index in [1.807, 2.05) is 31.2 Å². The average Bonchev–Trinajstić information content (AvgIpc) is 2.75. The first-order valence-corrected chi connectivity index (χ1v) is 5.80. The van der Waals surface area contributed by atoms with Crippen LogP contribution in [0.5, 0.6) is 0 Å². The second kappa shape index (κ2) is 3.88. The Labute approximate surface area is 104 Å². The second-order valence-corrected chi connectivity index (χ2v) is 4.40. The number of aryl methyl sites for hydroxylation is 1. The zero-order chi connectivity index (χ0) is 12.7. The zero-order valence-corrected chi connectivity index (χ0v) is 10.3. The first-order chi connectivity index (χ1) is 8.70. The molecule has 0 aliphatic rings. The molecular weight excluding hydrogens is 226 g/mol. The number of para-hydroxylation sites is 1. The predicted octanol–water partition coefficient (Wildman–Crippen LogP) is 3.42. The summed E-state index contributed by atoms with van der Waals surface area (Å²) in [5.74, 6) is -0.310. The normalized spacial score (nSPS) is 11.0. The third-order valence-electron chi connectivity index (χ3n) is 3.16. The molecule has 0 amide bonds. The molecule has 3 aromatic rings. The van der Waals surface area contributed by atoms with E-state index in [0.29, 0.717) is 5.56 Å². The number of rotatable bonds is 1. The SMILES string of the molecule is COC(=O)c1cc(C)cc2c1[nH]c1ccccc12. The number of ether oxygens (including phenoxy) is 1. The minimum absolute atomic E-state index is 0.310. The molecule has 0 aliphatic heterocycles. The molecule has 3 rings (SSSR count). The number of hydrogen-bond donors (Lipinski definition) is 1. The number of fused-ring (bicyclic) bond motifs is 3. The van der Waals surface area contributed by atoms with Gasteiger partial charge in [0.2, 0.25) is 0 Å². The van der Waals surface area contributed by atoms with Crippen molar-refractivity contribution in [2.24, 2.45) is 0 Å². The summed E-state index contributed by atoms with van der Waals surface area (Å²) < 4.78 is 4.84. The molecule has 0 saturated heterocycles. The van der Waals surface area contributed by atoms with E-state index in [1.165, 1.54) is 7.11 Å². The number of esters is 1. The molecule has 3 heteroatoms. The molecule has 18 heavy (non-hydrogen) atoms. The standard InChI is InChI=1S/C15H13NO2/c1-9-7-11-10-5-3-4-6-13(10)16-14(11)12(8-9)15(17)18-2/h3-8,16H,1-2H3. The van der Waals surface area contributed by atoms with Crippen molar-refractivity contribution < 1.29 is 9.53 Å². The number of carbonyl (C=O) groups excluding carboxylic acids is 1. The van der Waals surface area contributed by atoms with Crippen LogP contribution in [-0.2, 0) is 4.74 Å². The molecule has 1 N–H and O–H groups in total. The van der Waals surface area contributed by atoms with Crippen LogP contribution in [0, 0.1) is 6.92 Å². The van der Waals surface area contributed by atoms with Crippen molar-refractivity contribution in [3.05, 3.63) is 47.5 Å². The summed E-state index contributed by atoms with van der Waals surface area (Å²) in [6, 6.07) is 12.0. The lowest BCUT2D eigenvalue weighted by Gasteiger charge is -2.03. The van der Waals surface area contributed by atoms with Crippen LogP contribution in [0.1, 0.15) is 15.9 Å². The fourth-order valence-electron chi connectivity index (χ4n) is 2.37. The highest BCUT2D eigenvalue weighted by atomic mass is 16.5. The Morgan fingerprint density at radius 2 is 1.94 bits per heavy atom. The van der Waals surface area contributed by atoms with Gasteiger partial charge >= 0.3 is 5.97 Å². The average molecular weight is 239 g/mol. The van der Waals surface area contributed by atoms with Crippen molar-refractivity contribution in [1.29, 1.82) is 0 Å². The van der Waals surface area contributed by atoms with Crippen LogP contribution in [0.15, 0.2) is 36.4 Å². The maximum atomic E-state index is 11.8. The van der Waals surface area contributed by atoms with E-state index in [9.17, 15) is 4.79 Å². The third-order valence-corrected chi connectivity index (χ3v) is 3.16. The molecular formula is C15H13NO2. The van der Waals surface area contributed by atoms with E-state index in [2.05, 4.69) is 17.1 Å². The Balaban J connectivity index is 2.47. The molecule has 0 saturated carbocycles. The van der Waals surface area contributed by atoms with Crippen molar-refractivity contribution in [2.45, 2.75) is 6.92 Å². The van der Waals surface area contributed by atoms with E-state index in [-0.39, 0.29) is 5.97 Å². The molecule has 0 bridgehead atoms. The van der Waals surface area contributed by atoms with Gasteiger partial charge in [0.05, 0.1) is 18.2 Å². The van der Waals surface area contributed by atoms with Gasteiger partial charge < -0.3 is 9.72 Å². The molecule has 1 heterocycles. The smallest absolute Gasteiger partial charge is 0.340 e. The van der Waals surface area contributed by atoms with Crippen LogP contribution >= 0.6 is 0 Å². The Morgan fingerprint density at radius 1 is 1.17 bits per heavy atom. The summed E-state index contributed by atoms with van der Waals surface area (Å²) in [6.45, 7) is 1.98. The van der Waals surface area contributed by atoms with Gasteiger partial charge in [-0.15, -0.1) is 0 Å². The van der Waals surface area contributed by atoms with Crippen LogP contribution in [0.3, 0.4) is 0 Å².